The molecule has 0 aromatic carbocycles. The normalized spacial score (nSPS) is 9.00. The maximum atomic E-state index is 11.2. The number of esters is 2. The van der Waals surface area contributed by atoms with E-state index >= 15 is 0 Å². The van der Waals surface area contributed by atoms with Crippen LogP contribution in [0.1, 0.15) is 19.8 Å². The molecule has 0 amide bonds. The van der Waals surface area contributed by atoms with Crippen LogP contribution >= 0.6 is 0 Å². The molecule has 0 atom stereocenters. The van der Waals surface area contributed by atoms with Crippen LogP contribution in [-0.4, -0.2) is 19.0 Å². The Morgan fingerprint density at radius 1 is 1.21 bits per heavy atom. The average Bonchev–Trinajstić information content (AvgIpc) is 2.16. The highest BCUT2D eigenvalue weighted by Gasteiger charge is 2.14. The highest BCUT2D eigenvalue weighted by Crippen LogP contribution is 2.07. The molecule has 0 saturated carbocycles. The van der Waals surface area contributed by atoms with Crippen molar-refractivity contribution in [2.75, 3.05) is 7.11 Å². The molecule has 0 aromatic heterocycles. The Balaban J connectivity index is 4.13. The van der Waals surface area contributed by atoms with E-state index < -0.39 is 11.9 Å². The third kappa shape index (κ3) is 3.89. The zero-order chi connectivity index (χ0) is 11.1. The molecule has 0 aliphatic carbocycles. The van der Waals surface area contributed by atoms with Gasteiger partial charge in [0.2, 0.25) is 5.76 Å². The molecule has 0 spiro atoms. The van der Waals surface area contributed by atoms with Gasteiger partial charge < -0.3 is 9.47 Å². The Kier molecular flexibility index (Phi) is 5.29. The van der Waals surface area contributed by atoms with Crippen molar-refractivity contribution in [3.63, 3.8) is 0 Å². The Morgan fingerprint density at radius 2 is 1.79 bits per heavy atom. The first-order valence-corrected chi connectivity index (χ1v) is 4.20. The largest absolute Gasteiger partial charge is 0.463 e. The first-order chi connectivity index (χ1) is 6.52. The van der Waals surface area contributed by atoms with Gasteiger partial charge in [0.1, 0.15) is 0 Å². The van der Waals surface area contributed by atoms with Crippen molar-refractivity contribution in [2.24, 2.45) is 0 Å². The van der Waals surface area contributed by atoms with Crippen molar-refractivity contribution in [3.05, 3.63) is 24.5 Å². The molecule has 0 N–H and O–H groups in total. The van der Waals surface area contributed by atoms with Gasteiger partial charge in [-0.2, -0.15) is 0 Å². The summed E-state index contributed by atoms with van der Waals surface area (Å²) in [4.78, 5) is 22.0. The lowest BCUT2D eigenvalue weighted by Gasteiger charge is -2.06. The van der Waals surface area contributed by atoms with Crippen molar-refractivity contribution < 1.29 is 19.1 Å². The molecule has 0 aliphatic rings. The molecule has 0 aliphatic heterocycles. The van der Waals surface area contributed by atoms with Crippen molar-refractivity contribution in [2.45, 2.75) is 19.8 Å². The molecule has 0 saturated heterocycles. The third-order valence-electron chi connectivity index (χ3n) is 1.47. The van der Waals surface area contributed by atoms with Crippen molar-refractivity contribution in [1.82, 2.24) is 0 Å². The van der Waals surface area contributed by atoms with Crippen LogP contribution in [0.25, 0.3) is 0 Å². The second kappa shape index (κ2) is 5.96. The summed E-state index contributed by atoms with van der Waals surface area (Å²) in [6.07, 6.45) is 1.33. The number of ether oxygens (including phenoxy) is 2. The van der Waals surface area contributed by atoms with Gasteiger partial charge >= 0.3 is 11.9 Å². The van der Waals surface area contributed by atoms with Gasteiger partial charge in [-0.05, 0) is 13.0 Å². The van der Waals surface area contributed by atoms with E-state index in [0.717, 1.165) is 6.42 Å². The summed E-state index contributed by atoms with van der Waals surface area (Å²) in [6, 6.07) is 0. The molecule has 0 rings (SSSR count). The van der Waals surface area contributed by atoms with E-state index in [-0.39, 0.29) is 5.76 Å². The summed E-state index contributed by atoms with van der Waals surface area (Å²) in [5.41, 5.74) is 0.317. The van der Waals surface area contributed by atoms with E-state index in [4.69, 9.17) is 0 Å². The smallest absolute Gasteiger partial charge is 0.373 e. The van der Waals surface area contributed by atoms with Gasteiger partial charge in [0.15, 0.2) is 0 Å². The van der Waals surface area contributed by atoms with Gasteiger partial charge in [-0.1, -0.05) is 19.9 Å². The summed E-state index contributed by atoms with van der Waals surface area (Å²) in [6.45, 7) is 8.67. The standard InChI is InChI=1S/C10H14O4/c1-5-6-7(2)9(11)14-8(3)10(12)13-4/h2-3,5-6H2,1,4H3. The van der Waals surface area contributed by atoms with E-state index in [2.05, 4.69) is 22.6 Å². The number of methoxy groups -OCH3 is 1. The number of hydrogen-bond acceptors (Lipinski definition) is 4. The van der Waals surface area contributed by atoms with Crippen LogP contribution in [0, 0.1) is 0 Å². The zero-order valence-electron chi connectivity index (χ0n) is 8.46. The van der Waals surface area contributed by atoms with E-state index in [0.29, 0.717) is 12.0 Å². The van der Waals surface area contributed by atoms with Crippen LogP contribution in [0.2, 0.25) is 0 Å². The average molecular weight is 198 g/mol. The van der Waals surface area contributed by atoms with Gasteiger partial charge in [0.25, 0.3) is 0 Å². The summed E-state index contributed by atoms with van der Waals surface area (Å²) >= 11 is 0. The number of carbonyl (C=O) groups is 2. The molecular weight excluding hydrogens is 184 g/mol. The fourth-order valence-corrected chi connectivity index (χ4v) is 0.743. The predicted molar refractivity (Wildman–Crippen MR) is 51.3 cm³/mol. The van der Waals surface area contributed by atoms with Crippen molar-refractivity contribution >= 4 is 11.9 Å². The van der Waals surface area contributed by atoms with Crippen LogP contribution in [0.5, 0.6) is 0 Å². The molecule has 0 bridgehead atoms. The molecule has 14 heavy (non-hydrogen) atoms. The fraction of sp³-hybridized carbons (Fsp3) is 0.400. The molecule has 0 unspecified atom stereocenters. The molecule has 4 heteroatoms. The van der Waals surface area contributed by atoms with Gasteiger partial charge in [-0.15, -0.1) is 0 Å². The molecule has 0 aromatic rings. The van der Waals surface area contributed by atoms with E-state index in [1.54, 1.807) is 0 Å². The first-order valence-electron chi connectivity index (χ1n) is 4.20. The van der Waals surface area contributed by atoms with Crippen LogP contribution in [0.3, 0.4) is 0 Å². The summed E-state index contributed by atoms with van der Waals surface area (Å²) in [7, 11) is 1.18. The monoisotopic (exact) mass is 198 g/mol. The zero-order valence-corrected chi connectivity index (χ0v) is 8.46. The lowest BCUT2D eigenvalue weighted by Crippen LogP contribution is -2.13. The molecule has 4 nitrogen and oxygen atoms in total. The first kappa shape index (κ1) is 12.4. The molecular formula is C10H14O4. The molecule has 78 valence electrons. The Labute approximate surface area is 83.2 Å². The molecule has 0 radical (unpaired) electrons. The summed E-state index contributed by atoms with van der Waals surface area (Å²) in [5.74, 6) is -1.72. The predicted octanol–water partition coefficient (Wildman–Crippen LogP) is 1.57. The topological polar surface area (TPSA) is 52.6 Å². The number of carbonyl (C=O) groups excluding carboxylic acids is 2. The minimum absolute atomic E-state index is 0.317. The van der Waals surface area contributed by atoms with Crippen LogP contribution < -0.4 is 0 Å². The highest BCUT2D eigenvalue weighted by molar-refractivity contribution is 5.94. The van der Waals surface area contributed by atoms with E-state index in [1.165, 1.54) is 7.11 Å². The lowest BCUT2D eigenvalue weighted by atomic mass is 10.2. The van der Waals surface area contributed by atoms with Crippen molar-refractivity contribution in [1.29, 1.82) is 0 Å². The minimum Gasteiger partial charge on any atom is -0.463 e. The highest BCUT2D eigenvalue weighted by atomic mass is 16.6. The van der Waals surface area contributed by atoms with Gasteiger partial charge in [0, 0.05) is 5.57 Å². The Hall–Kier alpha value is -1.58. The fourth-order valence-electron chi connectivity index (χ4n) is 0.743. The quantitative estimate of drug-likeness (QED) is 0.382. The molecule has 0 fully saturated rings. The second-order valence-corrected chi connectivity index (χ2v) is 2.66. The van der Waals surface area contributed by atoms with E-state index in [1.807, 2.05) is 6.92 Å². The number of rotatable bonds is 5. The second-order valence-electron chi connectivity index (χ2n) is 2.66. The maximum Gasteiger partial charge on any atom is 0.373 e. The van der Waals surface area contributed by atoms with Crippen LogP contribution in [0.4, 0.5) is 0 Å². The van der Waals surface area contributed by atoms with Crippen LogP contribution in [0.15, 0.2) is 24.5 Å². The van der Waals surface area contributed by atoms with E-state index in [9.17, 15) is 9.59 Å². The van der Waals surface area contributed by atoms with Gasteiger partial charge in [-0.25, -0.2) is 9.59 Å². The summed E-state index contributed by atoms with van der Waals surface area (Å²) in [5, 5.41) is 0. The van der Waals surface area contributed by atoms with Crippen LogP contribution in [-0.2, 0) is 19.1 Å². The Morgan fingerprint density at radius 3 is 2.21 bits per heavy atom. The third-order valence-corrected chi connectivity index (χ3v) is 1.47. The lowest BCUT2D eigenvalue weighted by molar-refractivity contribution is -0.147. The minimum atomic E-state index is -0.761. The Bertz CT molecular complexity index is 265. The SMILES string of the molecule is C=C(CCC)C(=O)OC(=C)C(=O)OC. The van der Waals surface area contributed by atoms with Crippen molar-refractivity contribution in [3.8, 4) is 0 Å². The number of hydrogen-bond donors (Lipinski definition) is 0. The summed E-state index contributed by atoms with van der Waals surface area (Å²) < 4.78 is 8.92. The molecule has 0 heterocycles. The van der Waals surface area contributed by atoms with Gasteiger partial charge in [-0.3, -0.25) is 0 Å². The maximum absolute atomic E-state index is 11.2. The van der Waals surface area contributed by atoms with Gasteiger partial charge in [0.05, 0.1) is 7.11 Å².